The van der Waals surface area contributed by atoms with E-state index in [2.05, 4.69) is 10.6 Å². The van der Waals surface area contributed by atoms with Crippen molar-refractivity contribution in [2.24, 2.45) is 0 Å². The fourth-order valence-corrected chi connectivity index (χ4v) is 4.15. The van der Waals surface area contributed by atoms with Crippen LogP contribution in [0.1, 0.15) is 0 Å². The quantitative estimate of drug-likeness (QED) is 0.230. The third kappa shape index (κ3) is 10.8. The minimum Gasteiger partial charge on any atom is -0.487 e. The average molecular weight is 745 g/mol. The molecule has 45 heavy (non-hydrogen) atoms. The van der Waals surface area contributed by atoms with Gasteiger partial charge in [0.2, 0.25) is 20.0 Å². The summed E-state index contributed by atoms with van der Waals surface area (Å²) in [4.78, 5) is 25.8. The van der Waals surface area contributed by atoms with Crippen LogP contribution in [-0.2, 0) is 4.74 Å². The fourth-order valence-electron chi connectivity index (χ4n) is 3.56. The van der Waals surface area contributed by atoms with Gasteiger partial charge in [0.15, 0.2) is 34.5 Å². The van der Waals surface area contributed by atoms with Crippen molar-refractivity contribution < 1.29 is 42.7 Å². The molecule has 0 spiro atoms. The Morgan fingerprint density at radius 1 is 0.511 bits per heavy atom. The van der Waals surface area contributed by atoms with E-state index < -0.39 is 32.2 Å². The molecular formula is C28H24Cl6N2O9. The number of nitrogens with one attached hydrogen (secondary N) is 2. The van der Waals surface area contributed by atoms with Crippen LogP contribution in [0.2, 0.25) is 0 Å². The number of benzene rings is 3. The topological polar surface area (TPSA) is 123 Å². The van der Waals surface area contributed by atoms with Crippen molar-refractivity contribution in [3.8, 4) is 34.5 Å². The third-order valence-corrected chi connectivity index (χ3v) is 6.69. The number of amides is 2. The summed E-state index contributed by atoms with van der Waals surface area (Å²) in [6, 6.07) is 18.8. The van der Waals surface area contributed by atoms with Crippen LogP contribution in [0.25, 0.3) is 0 Å². The van der Waals surface area contributed by atoms with E-state index in [1.54, 1.807) is 48.5 Å². The van der Waals surface area contributed by atoms with Gasteiger partial charge in [-0.15, -0.1) is 0 Å². The zero-order valence-electron chi connectivity index (χ0n) is 22.9. The monoisotopic (exact) mass is 742 g/mol. The number of ether oxygens (including phenoxy) is 7. The highest BCUT2D eigenvalue weighted by molar-refractivity contribution is 6.68. The van der Waals surface area contributed by atoms with Gasteiger partial charge in [-0.05, 0) is 36.4 Å². The van der Waals surface area contributed by atoms with E-state index in [4.69, 9.17) is 103 Å². The lowest BCUT2D eigenvalue weighted by Crippen LogP contribution is -2.50. The molecule has 2 unspecified atom stereocenters. The lowest BCUT2D eigenvalue weighted by molar-refractivity contribution is 0.0749. The second-order valence-electron chi connectivity index (χ2n) is 8.80. The second-order valence-corrected chi connectivity index (χ2v) is 13.5. The number of carbonyl (C=O) groups excluding carboxylic acids is 2. The van der Waals surface area contributed by atoms with Gasteiger partial charge in [0.1, 0.15) is 13.2 Å². The fraction of sp³-hybridized carbons (Fsp3) is 0.286. The Morgan fingerprint density at radius 3 is 1.20 bits per heavy atom. The molecular weight excluding hydrogens is 721 g/mol. The van der Waals surface area contributed by atoms with Crippen molar-refractivity contribution in [3.63, 3.8) is 0 Å². The van der Waals surface area contributed by atoms with Gasteiger partial charge < -0.3 is 33.2 Å². The first-order valence-corrected chi connectivity index (χ1v) is 15.2. The van der Waals surface area contributed by atoms with Gasteiger partial charge in [0, 0.05) is 0 Å². The summed E-state index contributed by atoms with van der Waals surface area (Å²) >= 11 is 36.8. The first-order chi connectivity index (χ1) is 21.4. The molecule has 1 aliphatic heterocycles. The van der Waals surface area contributed by atoms with Gasteiger partial charge in [-0.1, -0.05) is 106 Å². The van der Waals surface area contributed by atoms with Crippen LogP contribution in [0.5, 0.6) is 34.5 Å². The normalized spacial score (nSPS) is 19.1. The Balaban J connectivity index is 1.64. The molecule has 0 saturated carbocycles. The molecule has 0 bridgehead atoms. The Morgan fingerprint density at radius 2 is 0.844 bits per heavy atom. The van der Waals surface area contributed by atoms with E-state index >= 15 is 0 Å². The molecule has 1 heterocycles. The van der Waals surface area contributed by atoms with Crippen molar-refractivity contribution in [1.82, 2.24) is 10.6 Å². The lowest BCUT2D eigenvalue weighted by atomic mass is 10.3. The Bertz CT molecular complexity index is 1350. The molecule has 4 rings (SSSR count). The van der Waals surface area contributed by atoms with Gasteiger partial charge in [0.25, 0.3) is 0 Å². The predicted molar refractivity (Wildman–Crippen MR) is 169 cm³/mol. The van der Waals surface area contributed by atoms with Gasteiger partial charge in [-0.2, -0.15) is 0 Å². The largest absolute Gasteiger partial charge is 0.487 e. The van der Waals surface area contributed by atoms with Gasteiger partial charge in [0.05, 0.1) is 13.2 Å². The number of para-hydroxylation sites is 6. The molecule has 0 radical (unpaired) electrons. The highest BCUT2D eigenvalue weighted by Crippen LogP contribution is 2.38. The van der Waals surface area contributed by atoms with Crippen molar-refractivity contribution in [2.45, 2.75) is 20.0 Å². The van der Waals surface area contributed by atoms with Crippen LogP contribution in [0.15, 0.2) is 72.8 Å². The van der Waals surface area contributed by atoms with E-state index in [1.165, 1.54) is 24.3 Å². The van der Waals surface area contributed by atoms with Crippen LogP contribution in [0, 0.1) is 0 Å². The molecule has 0 aliphatic carbocycles. The highest BCUT2D eigenvalue weighted by Gasteiger charge is 2.40. The highest BCUT2D eigenvalue weighted by atomic mass is 35.6. The van der Waals surface area contributed by atoms with E-state index in [1.807, 2.05) is 0 Å². The number of hydrogen-bond acceptors (Lipinski definition) is 9. The maximum atomic E-state index is 12.9. The van der Waals surface area contributed by atoms with Crippen LogP contribution in [0.3, 0.4) is 0 Å². The maximum Gasteiger partial charge on any atom is 0.415 e. The molecule has 2 N–H and O–H groups in total. The van der Waals surface area contributed by atoms with Crippen LogP contribution >= 0.6 is 69.6 Å². The maximum absolute atomic E-state index is 12.9. The average Bonchev–Trinajstić information content (AvgIpc) is 2.97. The molecule has 3 aromatic rings. The summed E-state index contributed by atoms with van der Waals surface area (Å²) in [6.07, 6.45) is -5.36. The number of carbonyl (C=O) groups is 2. The van der Waals surface area contributed by atoms with Crippen molar-refractivity contribution in [3.05, 3.63) is 72.8 Å². The van der Waals surface area contributed by atoms with Gasteiger partial charge in [-0.3, -0.25) is 10.6 Å². The number of rotatable bonds is 0. The SMILES string of the molecule is O=C1NC(C(Cl)(Cl)Cl)Oc2ccccc2OC(C(Cl)(Cl)Cl)NC(=O)Oc2ccccc2OCCOCCOc2ccccc2O1. The van der Waals surface area contributed by atoms with Crippen molar-refractivity contribution in [1.29, 1.82) is 0 Å². The molecule has 0 aromatic heterocycles. The number of halogens is 6. The Kier molecular flexibility index (Phi) is 12.5. The molecule has 2 amide bonds. The van der Waals surface area contributed by atoms with Gasteiger partial charge >= 0.3 is 12.2 Å². The summed E-state index contributed by atoms with van der Waals surface area (Å²) in [5, 5.41) is 4.69. The molecule has 1 aliphatic rings. The first-order valence-electron chi connectivity index (χ1n) is 12.9. The Labute approximate surface area is 287 Å². The minimum absolute atomic E-state index is 0.0707. The summed E-state index contributed by atoms with van der Waals surface area (Å²) in [7, 11) is 0. The molecule has 11 nitrogen and oxygen atoms in total. The number of hydrogen-bond donors (Lipinski definition) is 2. The van der Waals surface area contributed by atoms with E-state index in [0.717, 1.165) is 0 Å². The van der Waals surface area contributed by atoms with Crippen LogP contribution < -0.4 is 39.1 Å². The minimum atomic E-state index is -2.22. The molecule has 242 valence electrons. The zero-order chi connectivity index (χ0) is 32.5. The molecule has 2 atom stereocenters. The van der Waals surface area contributed by atoms with Crippen LogP contribution in [-0.4, -0.2) is 58.7 Å². The molecule has 3 aromatic carbocycles. The van der Waals surface area contributed by atoms with E-state index in [0.29, 0.717) is 0 Å². The molecule has 0 saturated heterocycles. The lowest BCUT2D eigenvalue weighted by Gasteiger charge is -2.29. The Hall–Kier alpha value is -2.90. The summed E-state index contributed by atoms with van der Waals surface area (Å²) in [5.41, 5.74) is 0. The number of alkyl halides is 6. The summed E-state index contributed by atoms with van der Waals surface area (Å²) < 4.78 is 35.0. The first kappa shape index (κ1) is 35.0. The van der Waals surface area contributed by atoms with E-state index in [-0.39, 0.29) is 60.9 Å². The standard InChI is InChI=1S/C28H24Cl6N2O9/c29-27(30,31)23-35-25(37)44-19-9-3-1-7-17(19)40-15-13-39-14-16-41-18-8-2-4-10-20(18)45-26(38)36-24(28(32,33)34)43-22-12-6-5-11-21(22)42-23/h1-12,23-24H,13-16H2,(H,35,37)(H,36,38). The van der Waals surface area contributed by atoms with Gasteiger partial charge in [-0.25, -0.2) is 9.59 Å². The summed E-state index contributed by atoms with van der Waals surface area (Å²) in [5.74, 6) is 0.477. The third-order valence-electron chi connectivity index (χ3n) is 5.51. The summed E-state index contributed by atoms with van der Waals surface area (Å²) in [6.45, 7) is 0.572. The second kappa shape index (κ2) is 16.1. The predicted octanol–water partition coefficient (Wildman–Crippen LogP) is 7.20. The zero-order valence-corrected chi connectivity index (χ0v) is 27.4. The smallest absolute Gasteiger partial charge is 0.415 e. The molecule has 0 fully saturated rings. The van der Waals surface area contributed by atoms with Crippen molar-refractivity contribution >= 4 is 81.8 Å². The van der Waals surface area contributed by atoms with Crippen molar-refractivity contribution in [2.75, 3.05) is 26.4 Å². The van der Waals surface area contributed by atoms with Crippen LogP contribution in [0.4, 0.5) is 9.59 Å². The molecule has 17 heteroatoms. The number of fused-ring (bicyclic) bond motifs is 3. The van der Waals surface area contributed by atoms with E-state index in [9.17, 15) is 9.59 Å².